The van der Waals surface area contributed by atoms with Crippen molar-refractivity contribution in [3.05, 3.63) is 23.2 Å². The minimum absolute atomic E-state index is 0.607. The van der Waals surface area contributed by atoms with Crippen LogP contribution in [-0.4, -0.2) is 6.54 Å². The van der Waals surface area contributed by atoms with Gasteiger partial charge in [-0.1, -0.05) is 25.4 Å². The lowest BCUT2D eigenvalue weighted by Gasteiger charge is -2.11. The first kappa shape index (κ1) is 10.2. The predicted molar refractivity (Wildman–Crippen MR) is 59.2 cm³/mol. The number of hydrogen-bond donors (Lipinski definition) is 2. The van der Waals surface area contributed by atoms with E-state index >= 15 is 0 Å². The smallest absolute Gasteiger partial charge is 0.0575 e. The molecule has 0 saturated heterocycles. The van der Waals surface area contributed by atoms with Crippen LogP contribution < -0.4 is 11.1 Å². The number of anilines is 2. The van der Waals surface area contributed by atoms with Crippen LogP contribution in [0.25, 0.3) is 0 Å². The fourth-order valence-corrected chi connectivity index (χ4v) is 1.19. The van der Waals surface area contributed by atoms with Crippen LogP contribution in [0.2, 0.25) is 5.02 Å². The van der Waals surface area contributed by atoms with Crippen LogP contribution in [0.15, 0.2) is 18.2 Å². The van der Waals surface area contributed by atoms with Gasteiger partial charge >= 0.3 is 0 Å². The topological polar surface area (TPSA) is 38.0 Å². The first-order valence-corrected chi connectivity index (χ1v) is 4.76. The third-order valence-corrected chi connectivity index (χ3v) is 1.95. The molecular formula is C10H15ClN2. The number of benzene rings is 1. The van der Waals surface area contributed by atoms with Crippen LogP contribution in [0.4, 0.5) is 11.4 Å². The van der Waals surface area contributed by atoms with Gasteiger partial charge < -0.3 is 11.1 Å². The molecular weight excluding hydrogens is 184 g/mol. The van der Waals surface area contributed by atoms with E-state index in [2.05, 4.69) is 19.2 Å². The van der Waals surface area contributed by atoms with Crippen LogP contribution in [0, 0.1) is 5.92 Å². The number of hydrogen-bond acceptors (Lipinski definition) is 2. The maximum atomic E-state index is 5.77. The van der Waals surface area contributed by atoms with Crippen molar-refractivity contribution in [3.63, 3.8) is 0 Å². The zero-order valence-electron chi connectivity index (χ0n) is 7.97. The second kappa shape index (κ2) is 4.38. The quantitative estimate of drug-likeness (QED) is 0.733. The molecule has 0 unspecified atom stereocenters. The van der Waals surface area contributed by atoms with Gasteiger partial charge in [0.15, 0.2) is 0 Å². The van der Waals surface area contributed by atoms with Gasteiger partial charge in [0.25, 0.3) is 0 Å². The van der Waals surface area contributed by atoms with Crippen molar-refractivity contribution in [1.29, 1.82) is 0 Å². The molecule has 0 fully saturated rings. The third kappa shape index (κ3) is 3.15. The van der Waals surface area contributed by atoms with Gasteiger partial charge in [-0.15, -0.1) is 0 Å². The van der Waals surface area contributed by atoms with E-state index in [-0.39, 0.29) is 0 Å². The van der Waals surface area contributed by atoms with Crippen LogP contribution in [-0.2, 0) is 0 Å². The number of nitrogen functional groups attached to an aromatic ring is 1. The zero-order chi connectivity index (χ0) is 9.84. The summed E-state index contributed by atoms with van der Waals surface area (Å²) in [5.41, 5.74) is 7.42. The second-order valence-corrected chi connectivity index (χ2v) is 3.94. The molecule has 13 heavy (non-hydrogen) atoms. The van der Waals surface area contributed by atoms with E-state index in [1.807, 2.05) is 12.1 Å². The summed E-state index contributed by atoms with van der Waals surface area (Å²) < 4.78 is 0. The average Bonchev–Trinajstić information content (AvgIpc) is 2.02. The summed E-state index contributed by atoms with van der Waals surface area (Å²) in [7, 11) is 0. The summed E-state index contributed by atoms with van der Waals surface area (Å²) in [6, 6.07) is 5.49. The van der Waals surface area contributed by atoms with Gasteiger partial charge in [-0.05, 0) is 24.1 Å². The molecule has 3 heteroatoms. The molecule has 0 bridgehead atoms. The minimum Gasteiger partial charge on any atom is -0.397 e. The van der Waals surface area contributed by atoms with Gasteiger partial charge in [0.1, 0.15) is 0 Å². The van der Waals surface area contributed by atoms with Crippen LogP contribution >= 0.6 is 11.6 Å². The fraction of sp³-hybridized carbons (Fsp3) is 0.400. The van der Waals surface area contributed by atoms with Crippen molar-refractivity contribution in [2.45, 2.75) is 13.8 Å². The third-order valence-electron chi connectivity index (χ3n) is 1.71. The average molecular weight is 199 g/mol. The summed E-state index contributed by atoms with van der Waals surface area (Å²) in [6.07, 6.45) is 0. The normalized spacial score (nSPS) is 10.5. The first-order chi connectivity index (χ1) is 6.09. The maximum absolute atomic E-state index is 5.77. The Kier molecular flexibility index (Phi) is 3.43. The Balaban J connectivity index is 2.67. The monoisotopic (exact) mass is 198 g/mol. The van der Waals surface area contributed by atoms with Crippen molar-refractivity contribution in [3.8, 4) is 0 Å². The van der Waals surface area contributed by atoms with E-state index in [9.17, 15) is 0 Å². The number of nitrogens with one attached hydrogen (secondary N) is 1. The Hall–Kier alpha value is -0.890. The van der Waals surface area contributed by atoms with Crippen molar-refractivity contribution < 1.29 is 0 Å². The van der Waals surface area contributed by atoms with Crippen molar-refractivity contribution >= 4 is 23.0 Å². The molecule has 0 aliphatic heterocycles. The molecule has 0 aromatic heterocycles. The Labute approximate surface area is 84.1 Å². The molecule has 72 valence electrons. The minimum atomic E-state index is 0.607. The lowest BCUT2D eigenvalue weighted by Crippen LogP contribution is -2.09. The number of rotatable bonds is 3. The van der Waals surface area contributed by atoms with E-state index in [0.717, 1.165) is 12.2 Å². The SMILES string of the molecule is CC(C)CNc1ccc(Cl)cc1N. The Morgan fingerprint density at radius 1 is 1.46 bits per heavy atom. The Bertz CT molecular complexity index is 284. The summed E-state index contributed by atoms with van der Waals surface area (Å²) in [5, 5.41) is 3.93. The molecule has 2 nitrogen and oxygen atoms in total. The van der Waals surface area contributed by atoms with Crippen LogP contribution in [0.3, 0.4) is 0 Å². The van der Waals surface area contributed by atoms with Gasteiger partial charge in [-0.2, -0.15) is 0 Å². The summed E-state index contributed by atoms with van der Waals surface area (Å²) in [6.45, 7) is 5.23. The molecule has 0 spiro atoms. The summed E-state index contributed by atoms with van der Waals surface area (Å²) >= 11 is 5.77. The molecule has 0 heterocycles. The highest BCUT2D eigenvalue weighted by Gasteiger charge is 1.99. The highest BCUT2D eigenvalue weighted by atomic mass is 35.5. The Morgan fingerprint density at radius 2 is 2.15 bits per heavy atom. The van der Waals surface area contributed by atoms with Gasteiger partial charge in [0.05, 0.1) is 11.4 Å². The van der Waals surface area contributed by atoms with E-state index in [4.69, 9.17) is 17.3 Å². The van der Waals surface area contributed by atoms with Crippen molar-refractivity contribution in [2.24, 2.45) is 5.92 Å². The maximum Gasteiger partial charge on any atom is 0.0575 e. The molecule has 0 atom stereocenters. The number of nitrogens with two attached hydrogens (primary N) is 1. The van der Waals surface area contributed by atoms with Gasteiger partial charge in [0, 0.05) is 11.6 Å². The zero-order valence-corrected chi connectivity index (χ0v) is 8.73. The molecule has 3 N–H and O–H groups in total. The van der Waals surface area contributed by atoms with Gasteiger partial charge in [-0.25, -0.2) is 0 Å². The molecule has 0 aliphatic carbocycles. The highest BCUT2D eigenvalue weighted by molar-refractivity contribution is 6.31. The Morgan fingerprint density at radius 3 is 2.69 bits per heavy atom. The van der Waals surface area contributed by atoms with Crippen molar-refractivity contribution in [2.75, 3.05) is 17.6 Å². The van der Waals surface area contributed by atoms with Gasteiger partial charge in [-0.3, -0.25) is 0 Å². The standard InChI is InChI=1S/C10H15ClN2/c1-7(2)6-13-10-4-3-8(11)5-9(10)12/h3-5,7,13H,6,12H2,1-2H3. The van der Waals surface area contributed by atoms with Crippen LogP contribution in [0.5, 0.6) is 0 Å². The largest absolute Gasteiger partial charge is 0.397 e. The molecule has 0 aliphatic rings. The predicted octanol–water partition coefficient (Wildman–Crippen LogP) is 2.99. The van der Waals surface area contributed by atoms with E-state index in [0.29, 0.717) is 16.6 Å². The molecule has 0 radical (unpaired) electrons. The number of halogens is 1. The molecule has 1 aromatic rings. The second-order valence-electron chi connectivity index (χ2n) is 3.51. The summed E-state index contributed by atoms with van der Waals surface area (Å²) in [5.74, 6) is 0.607. The fourth-order valence-electron chi connectivity index (χ4n) is 1.01. The van der Waals surface area contributed by atoms with Crippen LogP contribution in [0.1, 0.15) is 13.8 Å². The molecule has 1 rings (SSSR count). The van der Waals surface area contributed by atoms with E-state index < -0.39 is 0 Å². The van der Waals surface area contributed by atoms with Gasteiger partial charge in [0.2, 0.25) is 0 Å². The summed E-state index contributed by atoms with van der Waals surface area (Å²) in [4.78, 5) is 0. The molecule has 1 aromatic carbocycles. The lowest BCUT2D eigenvalue weighted by atomic mass is 10.2. The first-order valence-electron chi connectivity index (χ1n) is 4.38. The van der Waals surface area contributed by atoms with E-state index in [1.54, 1.807) is 6.07 Å². The van der Waals surface area contributed by atoms with E-state index in [1.165, 1.54) is 0 Å². The highest BCUT2D eigenvalue weighted by Crippen LogP contribution is 2.22. The molecule has 0 saturated carbocycles. The molecule has 0 amide bonds. The van der Waals surface area contributed by atoms with Crippen molar-refractivity contribution in [1.82, 2.24) is 0 Å². The lowest BCUT2D eigenvalue weighted by molar-refractivity contribution is 0.689.